The number of hydrogen-bond acceptors (Lipinski definition) is 5. The molecular weight excluding hydrogens is 320 g/mol. The van der Waals surface area contributed by atoms with E-state index in [1.807, 2.05) is 6.20 Å². The first-order chi connectivity index (χ1) is 11.4. The van der Waals surface area contributed by atoms with Gasteiger partial charge in [0.1, 0.15) is 5.00 Å². The van der Waals surface area contributed by atoms with Crippen LogP contribution in [0.5, 0.6) is 0 Å². The van der Waals surface area contributed by atoms with E-state index < -0.39 is 0 Å². The molecule has 5 nitrogen and oxygen atoms in total. The molecule has 1 aromatic rings. The zero-order chi connectivity index (χ0) is 17.3. The smallest absolute Gasteiger partial charge is 0.280 e. The standard InChI is InChI=1S/C18H30N4OS/c1-18(2,3)13-5-6-14(11-13)21-7-9-22(10-8-21)15-12-20-17(24-15)16(23)19-4/h12-14H,5-11H2,1-4H3,(H,19,23)/t13?,14-/m0/s1. The van der Waals surface area contributed by atoms with Crippen molar-refractivity contribution in [1.82, 2.24) is 15.2 Å². The van der Waals surface area contributed by atoms with Crippen molar-refractivity contribution in [2.75, 3.05) is 38.1 Å². The van der Waals surface area contributed by atoms with Crippen molar-refractivity contribution in [3.63, 3.8) is 0 Å². The van der Waals surface area contributed by atoms with Gasteiger partial charge in [-0.3, -0.25) is 9.69 Å². The van der Waals surface area contributed by atoms with Gasteiger partial charge < -0.3 is 10.2 Å². The molecule has 1 unspecified atom stereocenters. The SMILES string of the molecule is CNC(=O)c1ncc(N2CCN([C@H]3CCC(C(C)(C)C)C3)CC2)s1. The Morgan fingerprint density at radius 3 is 2.54 bits per heavy atom. The summed E-state index contributed by atoms with van der Waals surface area (Å²) < 4.78 is 0. The minimum Gasteiger partial charge on any atom is -0.360 e. The fourth-order valence-electron chi connectivity index (χ4n) is 4.01. The topological polar surface area (TPSA) is 48.5 Å². The maximum Gasteiger partial charge on any atom is 0.280 e. The van der Waals surface area contributed by atoms with Crippen LogP contribution in [0.2, 0.25) is 0 Å². The van der Waals surface area contributed by atoms with Gasteiger partial charge in [0, 0.05) is 39.3 Å². The highest BCUT2D eigenvalue weighted by Crippen LogP contribution is 2.41. The second kappa shape index (κ2) is 7.00. The van der Waals surface area contributed by atoms with Gasteiger partial charge in [-0.05, 0) is 30.6 Å². The second-order valence-electron chi connectivity index (χ2n) is 8.14. The van der Waals surface area contributed by atoms with Crippen molar-refractivity contribution in [2.45, 2.75) is 46.1 Å². The number of piperazine rings is 1. The summed E-state index contributed by atoms with van der Waals surface area (Å²) in [5, 5.41) is 4.31. The van der Waals surface area contributed by atoms with E-state index in [0.29, 0.717) is 10.4 Å². The molecular formula is C18H30N4OS. The molecule has 0 spiro atoms. The minimum absolute atomic E-state index is 0.0935. The minimum atomic E-state index is -0.0935. The van der Waals surface area contributed by atoms with Gasteiger partial charge in [0.15, 0.2) is 5.01 Å². The average molecular weight is 351 g/mol. The third kappa shape index (κ3) is 3.75. The number of hydrogen-bond donors (Lipinski definition) is 1. The number of aromatic nitrogens is 1. The summed E-state index contributed by atoms with van der Waals surface area (Å²) in [5.41, 5.74) is 0.440. The first-order valence-electron chi connectivity index (χ1n) is 9.05. The van der Waals surface area contributed by atoms with Gasteiger partial charge in [0.05, 0.1) is 6.20 Å². The van der Waals surface area contributed by atoms with Gasteiger partial charge in [-0.25, -0.2) is 4.98 Å². The van der Waals surface area contributed by atoms with Crippen LogP contribution in [0.15, 0.2) is 6.20 Å². The molecule has 1 aliphatic carbocycles. The molecule has 0 aromatic carbocycles. The van der Waals surface area contributed by atoms with Gasteiger partial charge in [-0.15, -0.1) is 0 Å². The normalized spacial score (nSPS) is 25.9. The molecule has 1 aliphatic heterocycles. The fraction of sp³-hybridized carbons (Fsp3) is 0.778. The number of nitrogens with one attached hydrogen (secondary N) is 1. The van der Waals surface area contributed by atoms with Crippen LogP contribution >= 0.6 is 11.3 Å². The number of anilines is 1. The molecule has 1 N–H and O–H groups in total. The van der Waals surface area contributed by atoms with Crippen molar-refractivity contribution in [3.8, 4) is 0 Å². The Morgan fingerprint density at radius 1 is 1.25 bits per heavy atom. The van der Waals surface area contributed by atoms with Crippen LogP contribution < -0.4 is 10.2 Å². The van der Waals surface area contributed by atoms with E-state index >= 15 is 0 Å². The number of carbonyl (C=O) groups excluding carboxylic acids is 1. The third-order valence-electron chi connectivity index (χ3n) is 5.69. The average Bonchev–Trinajstić information content (AvgIpc) is 3.23. The fourth-order valence-corrected chi connectivity index (χ4v) is 4.92. The Labute approximate surface area is 149 Å². The molecule has 2 atom stereocenters. The van der Waals surface area contributed by atoms with E-state index in [1.165, 1.54) is 30.6 Å². The van der Waals surface area contributed by atoms with Crippen LogP contribution in [-0.2, 0) is 0 Å². The predicted octanol–water partition coefficient (Wildman–Crippen LogP) is 2.84. The molecule has 1 aromatic heterocycles. The highest BCUT2D eigenvalue weighted by Gasteiger charge is 2.36. The van der Waals surface area contributed by atoms with E-state index in [9.17, 15) is 4.79 Å². The Kier molecular flexibility index (Phi) is 5.16. The Bertz CT molecular complexity index is 572. The number of nitrogens with zero attached hydrogens (tertiary/aromatic N) is 3. The molecule has 0 radical (unpaired) electrons. The van der Waals surface area contributed by atoms with Crippen LogP contribution in [0.4, 0.5) is 5.00 Å². The van der Waals surface area contributed by atoms with Crippen molar-refractivity contribution in [1.29, 1.82) is 0 Å². The van der Waals surface area contributed by atoms with Gasteiger partial charge in [-0.2, -0.15) is 0 Å². The van der Waals surface area contributed by atoms with Crippen LogP contribution in [0.3, 0.4) is 0 Å². The summed E-state index contributed by atoms with van der Waals surface area (Å²) in [5.74, 6) is 0.765. The highest BCUT2D eigenvalue weighted by atomic mass is 32.1. The monoisotopic (exact) mass is 350 g/mol. The van der Waals surface area contributed by atoms with Crippen molar-refractivity contribution >= 4 is 22.2 Å². The maximum atomic E-state index is 11.7. The maximum absolute atomic E-state index is 11.7. The summed E-state index contributed by atoms with van der Waals surface area (Å²) >= 11 is 1.49. The summed E-state index contributed by atoms with van der Waals surface area (Å²) in [4.78, 5) is 21.0. The summed E-state index contributed by atoms with van der Waals surface area (Å²) in [6, 6.07) is 0.763. The molecule has 1 saturated heterocycles. The van der Waals surface area contributed by atoms with Crippen LogP contribution in [0.25, 0.3) is 0 Å². The van der Waals surface area contributed by atoms with Crippen molar-refractivity contribution < 1.29 is 4.79 Å². The Morgan fingerprint density at radius 2 is 1.96 bits per heavy atom. The number of carbonyl (C=O) groups is 1. The van der Waals surface area contributed by atoms with Crippen LogP contribution in [-0.4, -0.2) is 55.1 Å². The van der Waals surface area contributed by atoms with Gasteiger partial charge in [0.2, 0.25) is 0 Å². The van der Waals surface area contributed by atoms with E-state index in [1.54, 1.807) is 7.05 Å². The van der Waals surface area contributed by atoms with E-state index in [-0.39, 0.29) is 5.91 Å². The predicted molar refractivity (Wildman–Crippen MR) is 99.9 cm³/mol. The second-order valence-corrected chi connectivity index (χ2v) is 9.14. The van der Waals surface area contributed by atoms with Crippen molar-refractivity contribution in [2.24, 2.45) is 11.3 Å². The number of thiazole rings is 1. The van der Waals surface area contributed by atoms with E-state index in [0.717, 1.165) is 43.1 Å². The number of amides is 1. The van der Waals surface area contributed by atoms with Crippen molar-refractivity contribution in [3.05, 3.63) is 11.2 Å². The lowest BCUT2D eigenvalue weighted by Crippen LogP contribution is -2.49. The largest absolute Gasteiger partial charge is 0.360 e. The molecule has 0 bridgehead atoms. The van der Waals surface area contributed by atoms with E-state index in [4.69, 9.17) is 0 Å². The van der Waals surface area contributed by atoms with Crippen LogP contribution in [0.1, 0.15) is 49.8 Å². The van der Waals surface area contributed by atoms with Gasteiger partial charge in [-0.1, -0.05) is 32.1 Å². The lowest BCUT2D eigenvalue weighted by Gasteiger charge is -2.39. The molecule has 2 fully saturated rings. The Hall–Kier alpha value is -1.14. The Balaban J connectivity index is 1.53. The molecule has 134 valence electrons. The zero-order valence-electron chi connectivity index (χ0n) is 15.3. The van der Waals surface area contributed by atoms with Gasteiger partial charge in [0.25, 0.3) is 5.91 Å². The lowest BCUT2D eigenvalue weighted by molar-refractivity contribution is 0.0962. The number of rotatable bonds is 3. The molecule has 6 heteroatoms. The molecule has 24 heavy (non-hydrogen) atoms. The molecule has 2 aliphatic rings. The first-order valence-corrected chi connectivity index (χ1v) is 9.87. The molecule has 3 rings (SSSR count). The highest BCUT2D eigenvalue weighted by molar-refractivity contribution is 7.17. The molecule has 2 heterocycles. The van der Waals surface area contributed by atoms with Gasteiger partial charge >= 0.3 is 0 Å². The summed E-state index contributed by atoms with van der Waals surface area (Å²) in [7, 11) is 1.65. The summed E-state index contributed by atoms with van der Waals surface area (Å²) in [6.07, 6.45) is 5.92. The zero-order valence-corrected chi connectivity index (χ0v) is 16.2. The molecule has 1 amide bonds. The van der Waals surface area contributed by atoms with E-state index in [2.05, 4.69) is 40.9 Å². The lowest BCUT2D eigenvalue weighted by atomic mass is 9.79. The third-order valence-corrected chi connectivity index (χ3v) is 6.74. The quantitative estimate of drug-likeness (QED) is 0.911. The van der Waals surface area contributed by atoms with Crippen LogP contribution in [0, 0.1) is 11.3 Å². The first kappa shape index (κ1) is 17.7. The molecule has 1 saturated carbocycles. The summed E-state index contributed by atoms with van der Waals surface area (Å²) in [6.45, 7) is 11.4.